The molecule has 0 spiro atoms. The first-order chi connectivity index (χ1) is 11.7. The quantitative estimate of drug-likeness (QED) is 0.487. The number of anilines is 1. The van der Waals surface area contributed by atoms with E-state index in [0.29, 0.717) is 10.8 Å². The second-order valence-electron chi connectivity index (χ2n) is 5.88. The number of hydrogen-bond acceptors (Lipinski definition) is 4. The summed E-state index contributed by atoms with van der Waals surface area (Å²) in [6, 6.07) is 12.6. The van der Waals surface area contributed by atoms with Crippen molar-refractivity contribution >= 4 is 38.6 Å². The van der Waals surface area contributed by atoms with E-state index in [2.05, 4.69) is 21.9 Å². The minimum Gasteiger partial charge on any atom is -0.331 e. The Bertz CT molecular complexity index is 918. The van der Waals surface area contributed by atoms with E-state index in [-0.39, 0.29) is 4.90 Å². The zero-order valence-electron chi connectivity index (χ0n) is 14.6. The zero-order valence-corrected chi connectivity index (χ0v) is 16.3. The van der Waals surface area contributed by atoms with Gasteiger partial charge in [-0.1, -0.05) is 29.8 Å². The van der Waals surface area contributed by atoms with E-state index in [1.165, 1.54) is 11.8 Å². The average molecular weight is 376 g/mol. The summed E-state index contributed by atoms with van der Waals surface area (Å²) in [6.45, 7) is 5.87. The average Bonchev–Trinajstić information content (AvgIpc) is 2.54. The van der Waals surface area contributed by atoms with Crippen LogP contribution in [0.4, 0.5) is 5.69 Å². The third kappa shape index (κ3) is 5.37. The van der Waals surface area contributed by atoms with Crippen molar-refractivity contribution in [1.29, 1.82) is 0 Å². The number of nitrogens with zero attached hydrogens (tertiary/aromatic N) is 1. The molecule has 0 saturated heterocycles. The lowest BCUT2D eigenvalue weighted by atomic mass is 10.1. The van der Waals surface area contributed by atoms with Crippen molar-refractivity contribution < 1.29 is 8.42 Å². The molecule has 2 aromatic carbocycles. The van der Waals surface area contributed by atoms with E-state index in [0.717, 1.165) is 16.8 Å². The van der Waals surface area contributed by atoms with E-state index in [4.69, 9.17) is 12.2 Å². The van der Waals surface area contributed by atoms with Gasteiger partial charge in [-0.2, -0.15) is 5.10 Å². The predicted octanol–water partition coefficient (Wildman–Crippen LogP) is 3.42. The van der Waals surface area contributed by atoms with Gasteiger partial charge in [0.2, 0.25) is 0 Å². The summed E-state index contributed by atoms with van der Waals surface area (Å²) in [7, 11) is -3.20. The van der Waals surface area contributed by atoms with Crippen LogP contribution in [0.25, 0.3) is 0 Å². The van der Waals surface area contributed by atoms with E-state index in [1.807, 2.05) is 32.9 Å². The van der Waals surface area contributed by atoms with Crippen LogP contribution in [-0.4, -0.2) is 25.5 Å². The van der Waals surface area contributed by atoms with Crippen LogP contribution in [0.15, 0.2) is 52.5 Å². The van der Waals surface area contributed by atoms with Crippen LogP contribution < -0.4 is 10.7 Å². The molecule has 0 saturated carbocycles. The van der Waals surface area contributed by atoms with Crippen LogP contribution in [-0.2, 0) is 9.84 Å². The van der Waals surface area contributed by atoms with Crippen molar-refractivity contribution in [2.75, 3.05) is 11.6 Å². The molecule has 2 N–H and O–H groups in total. The first-order valence-electron chi connectivity index (χ1n) is 7.66. The molecule has 2 rings (SSSR count). The maximum Gasteiger partial charge on any atom is 0.191 e. The number of nitrogens with one attached hydrogen (secondary N) is 2. The molecule has 0 bridgehead atoms. The summed E-state index contributed by atoms with van der Waals surface area (Å²) in [5.41, 5.74) is 7.53. The van der Waals surface area contributed by atoms with Crippen LogP contribution >= 0.6 is 12.2 Å². The second-order valence-corrected chi connectivity index (χ2v) is 8.30. The van der Waals surface area contributed by atoms with Gasteiger partial charge in [0.1, 0.15) is 0 Å². The van der Waals surface area contributed by atoms with Gasteiger partial charge in [-0.3, -0.25) is 5.43 Å². The highest BCUT2D eigenvalue weighted by molar-refractivity contribution is 7.90. The number of rotatable bonds is 4. The van der Waals surface area contributed by atoms with E-state index < -0.39 is 9.84 Å². The summed E-state index contributed by atoms with van der Waals surface area (Å²) in [4.78, 5) is 0.282. The van der Waals surface area contributed by atoms with Gasteiger partial charge in [0, 0.05) is 11.9 Å². The van der Waals surface area contributed by atoms with Gasteiger partial charge in [-0.25, -0.2) is 8.42 Å². The van der Waals surface area contributed by atoms with Gasteiger partial charge in [0.25, 0.3) is 0 Å². The van der Waals surface area contributed by atoms with Crippen molar-refractivity contribution in [3.8, 4) is 0 Å². The molecule has 0 heterocycles. The Balaban J connectivity index is 2.04. The number of aryl methyl sites for hydroxylation is 2. The molecule has 0 amide bonds. The van der Waals surface area contributed by atoms with Crippen molar-refractivity contribution in [2.45, 2.75) is 25.7 Å². The lowest BCUT2D eigenvalue weighted by molar-refractivity contribution is 0.602. The molecular weight excluding hydrogens is 354 g/mol. The number of hydrogen-bond donors (Lipinski definition) is 2. The van der Waals surface area contributed by atoms with Crippen molar-refractivity contribution in [2.24, 2.45) is 5.10 Å². The normalized spacial score (nSPS) is 11.9. The largest absolute Gasteiger partial charge is 0.331 e. The number of sulfone groups is 1. The van der Waals surface area contributed by atoms with Crippen molar-refractivity contribution in [3.05, 3.63) is 59.2 Å². The Hall–Kier alpha value is -2.25. The Morgan fingerprint density at radius 1 is 1.08 bits per heavy atom. The Morgan fingerprint density at radius 2 is 1.72 bits per heavy atom. The second kappa shape index (κ2) is 7.76. The summed E-state index contributed by atoms with van der Waals surface area (Å²) in [5, 5.41) is 7.74. The maximum absolute atomic E-state index is 11.5. The summed E-state index contributed by atoms with van der Waals surface area (Å²) >= 11 is 5.26. The Kier molecular flexibility index (Phi) is 5.92. The third-order valence-corrected chi connectivity index (χ3v) is 4.98. The molecule has 0 atom stereocenters. The van der Waals surface area contributed by atoms with Crippen LogP contribution in [0.2, 0.25) is 0 Å². The number of benzene rings is 2. The van der Waals surface area contributed by atoms with Crippen LogP contribution in [0, 0.1) is 13.8 Å². The molecule has 0 aliphatic carbocycles. The monoisotopic (exact) mass is 375 g/mol. The molecule has 2 aromatic rings. The van der Waals surface area contributed by atoms with Gasteiger partial charge in [0.15, 0.2) is 14.9 Å². The van der Waals surface area contributed by atoms with E-state index >= 15 is 0 Å². The van der Waals surface area contributed by atoms with Crippen molar-refractivity contribution in [3.63, 3.8) is 0 Å². The van der Waals surface area contributed by atoms with Gasteiger partial charge in [-0.05, 0) is 62.3 Å². The predicted molar refractivity (Wildman–Crippen MR) is 107 cm³/mol. The molecule has 0 fully saturated rings. The van der Waals surface area contributed by atoms with Crippen molar-refractivity contribution in [1.82, 2.24) is 5.43 Å². The van der Waals surface area contributed by atoms with E-state index in [9.17, 15) is 8.42 Å². The highest BCUT2D eigenvalue weighted by Gasteiger charge is 2.07. The molecule has 25 heavy (non-hydrogen) atoms. The molecular formula is C18H21N3O2S2. The summed E-state index contributed by atoms with van der Waals surface area (Å²) < 4.78 is 23.0. The number of hydrazone groups is 1. The molecule has 0 radical (unpaired) electrons. The fourth-order valence-corrected chi connectivity index (χ4v) is 3.03. The van der Waals surface area contributed by atoms with Crippen LogP contribution in [0.1, 0.15) is 23.6 Å². The SMILES string of the molecule is C/C(=N/NC(=S)Nc1ccc(C)cc1C)c1ccc(S(C)(=O)=O)cc1. The molecule has 0 aliphatic heterocycles. The summed E-state index contributed by atoms with van der Waals surface area (Å²) in [5.74, 6) is 0. The van der Waals surface area contributed by atoms with Crippen LogP contribution in [0.5, 0.6) is 0 Å². The van der Waals surface area contributed by atoms with Crippen LogP contribution in [0.3, 0.4) is 0 Å². The maximum atomic E-state index is 11.5. The Labute approximate surface area is 154 Å². The first-order valence-corrected chi connectivity index (χ1v) is 9.96. The minimum atomic E-state index is -3.20. The van der Waals surface area contributed by atoms with Gasteiger partial charge < -0.3 is 5.32 Å². The molecule has 5 nitrogen and oxygen atoms in total. The Morgan fingerprint density at radius 3 is 2.28 bits per heavy atom. The third-order valence-electron chi connectivity index (χ3n) is 3.66. The number of thiocarbonyl (C=S) groups is 1. The fourth-order valence-electron chi connectivity index (χ4n) is 2.25. The first kappa shape index (κ1) is 19.1. The molecule has 0 unspecified atom stereocenters. The lowest BCUT2D eigenvalue weighted by Crippen LogP contribution is -2.25. The highest BCUT2D eigenvalue weighted by Crippen LogP contribution is 2.16. The topological polar surface area (TPSA) is 70.6 Å². The smallest absolute Gasteiger partial charge is 0.191 e. The van der Waals surface area contributed by atoms with Gasteiger partial charge >= 0.3 is 0 Å². The molecule has 132 valence electrons. The zero-order chi connectivity index (χ0) is 18.6. The lowest BCUT2D eigenvalue weighted by Gasteiger charge is -2.11. The highest BCUT2D eigenvalue weighted by atomic mass is 32.2. The summed E-state index contributed by atoms with van der Waals surface area (Å²) in [6.07, 6.45) is 1.18. The minimum absolute atomic E-state index is 0.282. The standard InChI is InChI=1S/C18H21N3O2S2/c1-12-5-10-17(13(2)11-12)19-18(24)21-20-14(3)15-6-8-16(9-7-15)25(4,22)23/h5-11H,1-4H3,(H2,19,21,24)/b20-14-. The fraction of sp³-hybridized carbons (Fsp3) is 0.222. The van der Waals surface area contributed by atoms with Gasteiger partial charge in [0.05, 0.1) is 10.6 Å². The molecule has 7 heteroatoms. The molecule has 0 aromatic heterocycles. The van der Waals surface area contributed by atoms with E-state index in [1.54, 1.807) is 24.3 Å². The van der Waals surface area contributed by atoms with Gasteiger partial charge in [-0.15, -0.1) is 0 Å². The molecule has 0 aliphatic rings.